The highest BCUT2D eigenvalue weighted by Crippen LogP contribution is 2.51. The fourth-order valence-corrected chi connectivity index (χ4v) is 7.12. The quantitative estimate of drug-likeness (QED) is 0.210. The molecule has 0 radical (unpaired) electrons. The van der Waals surface area contributed by atoms with Crippen LogP contribution in [0.15, 0.2) is 146 Å². The number of hydrogen-bond donors (Lipinski definition) is 0. The Bertz CT molecular complexity index is 2180. The van der Waals surface area contributed by atoms with Gasteiger partial charge < -0.3 is 4.90 Å². The second-order valence-electron chi connectivity index (χ2n) is 12.3. The lowest BCUT2D eigenvalue weighted by molar-refractivity contribution is 0.660. The lowest BCUT2D eigenvalue weighted by atomic mass is 9.82. The van der Waals surface area contributed by atoms with Crippen molar-refractivity contribution in [3.8, 4) is 22.3 Å². The highest BCUT2D eigenvalue weighted by atomic mass is 15.1. The molecule has 1 nitrogen and oxygen atoms in total. The Morgan fingerprint density at radius 1 is 0.488 bits per heavy atom. The molecule has 0 fully saturated rings. The maximum atomic E-state index is 2.46. The summed E-state index contributed by atoms with van der Waals surface area (Å²) in [5, 5.41) is 4.99. The lowest BCUT2D eigenvalue weighted by Crippen LogP contribution is -2.17. The molecule has 0 aromatic heterocycles. The number of benzene rings is 7. The molecule has 43 heavy (non-hydrogen) atoms. The molecule has 7 aromatic carbocycles. The van der Waals surface area contributed by atoms with Crippen LogP contribution in [-0.2, 0) is 5.41 Å². The van der Waals surface area contributed by atoms with E-state index in [4.69, 9.17) is 0 Å². The fraction of sp³-hybridized carbons (Fsp3) is 0.0952. The van der Waals surface area contributed by atoms with Crippen molar-refractivity contribution in [1.82, 2.24) is 0 Å². The van der Waals surface area contributed by atoms with Crippen LogP contribution in [0, 0.1) is 6.92 Å². The highest BCUT2D eigenvalue weighted by Gasteiger charge is 2.36. The van der Waals surface area contributed by atoms with E-state index in [1.54, 1.807) is 0 Å². The van der Waals surface area contributed by atoms with Crippen molar-refractivity contribution >= 4 is 38.6 Å². The minimum atomic E-state index is -0.0786. The van der Waals surface area contributed by atoms with E-state index < -0.39 is 0 Å². The molecule has 0 heterocycles. The van der Waals surface area contributed by atoms with Gasteiger partial charge in [-0.15, -0.1) is 0 Å². The monoisotopic (exact) mass is 551 g/mol. The predicted octanol–water partition coefficient (Wildman–Crippen LogP) is 11.7. The molecule has 0 saturated heterocycles. The summed E-state index contributed by atoms with van der Waals surface area (Å²) in [5.41, 5.74) is 12.6. The first kappa shape index (κ1) is 25.6. The minimum absolute atomic E-state index is 0.0786. The molecular formula is C42H33N. The van der Waals surface area contributed by atoms with Gasteiger partial charge >= 0.3 is 0 Å². The van der Waals surface area contributed by atoms with Gasteiger partial charge in [0.1, 0.15) is 0 Å². The molecule has 0 amide bonds. The van der Waals surface area contributed by atoms with Crippen LogP contribution in [0.25, 0.3) is 43.8 Å². The van der Waals surface area contributed by atoms with Crippen molar-refractivity contribution in [2.75, 3.05) is 4.90 Å². The molecule has 0 aliphatic heterocycles. The van der Waals surface area contributed by atoms with E-state index in [1.165, 1.54) is 71.9 Å². The van der Waals surface area contributed by atoms with Crippen LogP contribution in [-0.4, -0.2) is 0 Å². The molecule has 7 aromatic rings. The van der Waals surface area contributed by atoms with Crippen LogP contribution in [0.2, 0.25) is 0 Å². The van der Waals surface area contributed by atoms with Crippen LogP contribution in [0.5, 0.6) is 0 Å². The molecular weight excluding hydrogens is 518 g/mol. The topological polar surface area (TPSA) is 3.24 Å². The highest BCUT2D eigenvalue weighted by molar-refractivity contribution is 6.07. The van der Waals surface area contributed by atoms with Crippen LogP contribution in [0.3, 0.4) is 0 Å². The van der Waals surface area contributed by atoms with Crippen molar-refractivity contribution in [3.63, 3.8) is 0 Å². The van der Waals surface area contributed by atoms with Crippen molar-refractivity contribution in [2.45, 2.75) is 26.2 Å². The third-order valence-electron chi connectivity index (χ3n) is 9.27. The van der Waals surface area contributed by atoms with Gasteiger partial charge in [0.05, 0.1) is 5.69 Å². The minimum Gasteiger partial charge on any atom is -0.310 e. The molecule has 1 aliphatic rings. The second kappa shape index (κ2) is 9.71. The zero-order chi connectivity index (χ0) is 29.1. The molecule has 0 bridgehead atoms. The van der Waals surface area contributed by atoms with E-state index in [0.29, 0.717) is 0 Å². The van der Waals surface area contributed by atoms with E-state index in [2.05, 4.69) is 171 Å². The largest absolute Gasteiger partial charge is 0.310 e. The third kappa shape index (κ3) is 4.07. The van der Waals surface area contributed by atoms with E-state index in [1.807, 2.05) is 0 Å². The van der Waals surface area contributed by atoms with Crippen molar-refractivity contribution in [1.29, 1.82) is 0 Å². The van der Waals surface area contributed by atoms with Crippen LogP contribution < -0.4 is 4.90 Å². The summed E-state index contributed by atoms with van der Waals surface area (Å²) in [7, 11) is 0. The Morgan fingerprint density at radius 3 is 2.05 bits per heavy atom. The number of fused-ring (bicyclic) bond motifs is 5. The Balaban J connectivity index is 1.42. The molecule has 0 saturated carbocycles. The van der Waals surface area contributed by atoms with Gasteiger partial charge in [0.25, 0.3) is 0 Å². The van der Waals surface area contributed by atoms with Gasteiger partial charge in [0.15, 0.2) is 0 Å². The fourth-order valence-electron chi connectivity index (χ4n) is 7.12. The Kier molecular flexibility index (Phi) is 5.77. The summed E-state index contributed by atoms with van der Waals surface area (Å²) in [6.07, 6.45) is 0. The standard InChI is InChI=1S/C42H33N/c1-28-11-10-15-33(25-28)43(34-22-23-37-36-17-8-9-18-38(36)42(2,3)39(37)27-34)40-24-21-30-13-6-7-16-35(30)41(40)32-20-19-29-12-4-5-14-31(29)26-32/h4-27H,1-3H3. The first-order valence-corrected chi connectivity index (χ1v) is 15.1. The van der Waals surface area contributed by atoms with Gasteiger partial charge in [0, 0.05) is 22.4 Å². The van der Waals surface area contributed by atoms with Crippen molar-refractivity contribution in [2.24, 2.45) is 0 Å². The lowest BCUT2D eigenvalue weighted by Gasteiger charge is -2.30. The summed E-state index contributed by atoms with van der Waals surface area (Å²) in [6, 6.07) is 53.7. The zero-order valence-corrected chi connectivity index (χ0v) is 24.8. The average molecular weight is 552 g/mol. The maximum absolute atomic E-state index is 2.46. The van der Waals surface area contributed by atoms with Gasteiger partial charge in [-0.2, -0.15) is 0 Å². The first-order valence-electron chi connectivity index (χ1n) is 15.1. The Morgan fingerprint density at radius 2 is 1.19 bits per heavy atom. The molecule has 0 spiro atoms. The number of hydrogen-bond acceptors (Lipinski definition) is 1. The van der Waals surface area contributed by atoms with E-state index in [-0.39, 0.29) is 5.41 Å². The van der Waals surface area contributed by atoms with Gasteiger partial charge in [-0.3, -0.25) is 0 Å². The normalized spacial score (nSPS) is 13.2. The number of anilines is 3. The summed E-state index contributed by atoms with van der Waals surface area (Å²) >= 11 is 0. The predicted molar refractivity (Wildman–Crippen MR) is 184 cm³/mol. The summed E-state index contributed by atoms with van der Waals surface area (Å²) < 4.78 is 0. The van der Waals surface area contributed by atoms with Crippen LogP contribution >= 0.6 is 0 Å². The molecule has 0 atom stereocenters. The summed E-state index contributed by atoms with van der Waals surface area (Å²) in [6.45, 7) is 6.89. The molecule has 1 heteroatoms. The smallest absolute Gasteiger partial charge is 0.0546 e. The van der Waals surface area contributed by atoms with Crippen molar-refractivity contribution < 1.29 is 0 Å². The number of rotatable bonds is 4. The molecule has 8 rings (SSSR count). The average Bonchev–Trinajstić information content (AvgIpc) is 3.27. The molecule has 0 unspecified atom stereocenters. The first-order chi connectivity index (χ1) is 21.0. The molecule has 0 N–H and O–H groups in total. The second-order valence-corrected chi connectivity index (χ2v) is 12.3. The summed E-state index contributed by atoms with van der Waals surface area (Å²) in [4.78, 5) is 2.46. The van der Waals surface area contributed by atoms with Crippen LogP contribution in [0.1, 0.15) is 30.5 Å². The number of nitrogens with zero attached hydrogens (tertiary/aromatic N) is 1. The van der Waals surface area contributed by atoms with Crippen LogP contribution in [0.4, 0.5) is 17.1 Å². The van der Waals surface area contributed by atoms with E-state index in [0.717, 1.165) is 5.69 Å². The maximum Gasteiger partial charge on any atom is 0.0546 e. The SMILES string of the molecule is Cc1cccc(N(c2ccc3c(c2)C(C)(C)c2ccccc2-3)c2ccc3ccccc3c2-c2ccc3ccccc3c2)c1. The van der Waals surface area contributed by atoms with E-state index in [9.17, 15) is 0 Å². The van der Waals surface area contributed by atoms with E-state index >= 15 is 0 Å². The van der Waals surface area contributed by atoms with Crippen molar-refractivity contribution in [3.05, 3.63) is 162 Å². The Hall–Kier alpha value is -5.14. The van der Waals surface area contributed by atoms with Gasteiger partial charge in [0.2, 0.25) is 0 Å². The third-order valence-corrected chi connectivity index (χ3v) is 9.27. The molecule has 1 aliphatic carbocycles. The zero-order valence-electron chi connectivity index (χ0n) is 24.8. The molecule has 206 valence electrons. The van der Waals surface area contributed by atoms with Gasteiger partial charge in [-0.05, 0) is 98.2 Å². The summed E-state index contributed by atoms with van der Waals surface area (Å²) in [5.74, 6) is 0. The van der Waals surface area contributed by atoms with Gasteiger partial charge in [-0.1, -0.05) is 123 Å². The van der Waals surface area contributed by atoms with Gasteiger partial charge in [-0.25, -0.2) is 0 Å². The Labute approximate surface area is 253 Å². The number of aryl methyl sites for hydroxylation is 1.